The van der Waals surface area contributed by atoms with E-state index in [1.807, 2.05) is 0 Å². The number of unbranched alkanes of at least 4 members (excludes halogenated alkanes) is 3. The second-order valence-electron chi connectivity index (χ2n) is 8.27. The molecule has 1 saturated heterocycles. The van der Waals surface area contributed by atoms with Gasteiger partial charge >= 0.3 is 0 Å². The molecule has 1 aliphatic carbocycles. The van der Waals surface area contributed by atoms with Crippen LogP contribution in [0.1, 0.15) is 76.8 Å². The maximum atomic E-state index is 5.56. The smallest absolute Gasteiger partial charge is 0.119 e. The monoisotopic (exact) mass is 379 g/mol. The highest BCUT2D eigenvalue weighted by atomic mass is 35.5. The molecule has 3 unspecified atom stereocenters. The van der Waals surface area contributed by atoms with Gasteiger partial charge < -0.3 is 9.64 Å². The highest BCUT2D eigenvalue weighted by Gasteiger charge is 2.49. The summed E-state index contributed by atoms with van der Waals surface area (Å²) in [7, 11) is 1.79. The van der Waals surface area contributed by atoms with Gasteiger partial charge in [0.2, 0.25) is 0 Å². The molecule has 1 aromatic rings. The van der Waals surface area contributed by atoms with Crippen LogP contribution in [0.2, 0.25) is 0 Å². The van der Waals surface area contributed by atoms with Crippen LogP contribution in [0.3, 0.4) is 0 Å². The Morgan fingerprint density at radius 3 is 2.69 bits per heavy atom. The highest BCUT2D eigenvalue weighted by Crippen LogP contribution is 2.52. The van der Waals surface area contributed by atoms with E-state index in [-0.39, 0.29) is 12.4 Å². The zero-order valence-electron chi connectivity index (χ0n) is 17.2. The fraction of sp³-hybridized carbons (Fsp3) is 0.739. The van der Waals surface area contributed by atoms with E-state index in [1.54, 1.807) is 18.2 Å². The molecule has 0 aromatic heterocycles. The van der Waals surface area contributed by atoms with Gasteiger partial charge in [-0.3, -0.25) is 0 Å². The van der Waals surface area contributed by atoms with Gasteiger partial charge in [0.25, 0.3) is 0 Å². The predicted octanol–water partition coefficient (Wildman–Crippen LogP) is 6.00. The Hall–Kier alpha value is -0.730. The largest absolute Gasteiger partial charge is 0.497 e. The number of nitrogens with zero attached hydrogens (tertiary/aromatic N) is 1. The van der Waals surface area contributed by atoms with Crippen LogP contribution in [-0.2, 0) is 11.8 Å². The third kappa shape index (κ3) is 3.92. The van der Waals surface area contributed by atoms with Crippen LogP contribution >= 0.6 is 12.4 Å². The molecular weight excluding hydrogens is 342 g/mol. The number of methoxy groups -OCH3 is 1. The second-order valence-corrected chi connectivity index (χ2v) is 8.27. The minimum absolute atomic E-state index is 0. The molecule has 148 valence electrons. The van der Waals surface area contributed by atoms with Crippen molar-refractivity contribution >= 4 is 12.4 Å². The van der Waals surface area contributed by atoms with E-state index in [0.29, 0.717) is 11.5 Å². The first-order valence-corrected chi connectivity index (χ1v) is 10.6. The highest BCUT2D eigenvalue weighted by molar-refractivity contribution is 5.85. The standard InChI is InChI=1S/C23H37NO.ClH/c1-5-7-8-9-15-24-16-14-23(6-2)21(18(24)3)13-11-19-10-12-20(25-4)17-22(19)23;/h10,12,17-18,21H,5-9,11,13-16H2,1-4H3;1H. The van der Waals surface area contributed by atoms with Crippen molar-refractivity contribution in [3.63, 3.8) is 0 Å². The summed E-state index contributed by atoms with van der Waals surface area (Å²) < 4.78 is 5.56. The summed E-state index contributed by atoms with van der Waals surface area (Å²) in [4.78, 5) is 2.79. The van der Waals surface area contributed by atoms with Gasteiger partial charge in [-0.05, 0) is 81.3 Å². The van der Waals surface area contributed by atoms with E-state index in [9.17, 15) is 0 Å². The number of rotatable bonds is 7. The van der Waals surface area contributed by atoms with Crippen LogP contribution in [0, 0.1) is 5.92 Å². The second kappa shape index (κ2) is 9.46. The molecule has 2 aliphatic rings. The number of fused-ring (bicyclic) bond motifs is 3. The predicted molar refractivity (Wildman–Crippen MR) is 114 cm³/mol. The molecule has 1 aliphatic heterocycles. The Labute approximate surface area is 167 Å². The molecule has 1 aromatic carbocycles. The molecule has 26 heavy (non-hydrogen) atoms. The Bertz CT molecular complexity index is 575. The Morgan fingerprint density at radius 1 is 1.19 bits per heavy atom. The van der Waals surface area contributed by atoms with E-state index >= 15 is 0 Å². The molecule has 0 N–H and O–H groups in total. The van der Waals surface area contributed by atoms with Gasteiger partial charge in [0.05, 0.1) is 7.11 Å². The summed E-state index contributed by atoms with van der Waals surface area (Å²) in [5.74, 6) is 1.82. The average Bonchev–Trinajstić information content (AvgIpc) is 2.66. The van der Waals surface area contributed by atoms with Gasteiger partial charge in [-0.1, -0.05) is 39.2 Å². The molecule has 0 saturated carbocycles. The fourth-order valence-corrected chi connectivity index (χ4v) is 5.66. The SMILES string of the molecule is CCCCCCN1CCC2(CC)c3cc(OC)ccc3CCC2C1C.Cl. The van der Waals surface area contributed by atoms with Gasteiger partial charge in [0.15, 0.2) is 0 Å². The van der Waals surface area contributed by atoms with Gasteiger partial charge in [0, 0.05) is 11.5 Å². The lowest BCUT2D eigenvalue weighted by molar-refractivity contribution is 0.0204. The molecule has 3 atom stereocenters. The molecule has 3 heteroatoms. The van der Waals surface area contributed by atoms with Crippen LogP contribution in [0.25, 0.3) is 0 Å². The van der Waals surface area contributed by atoms with Gasteiger partial charge in [0.1, 0.15) is 5.75 Å². The summed E-state index contributed by atoms with van der Waals surface area (Å²) in [6, 6.07) is 7.53. The van der Waals surface area contributed by atoms with Crippen molar-refractivity contribution in [2.75, 3.05) is 20.2 Å². The Balaban J connectivity index is 0.00000243. The first-order chi connectivity index (χ1) is 12.2. The van der Waals surface area contributed by atoms with E-state index in [2.05, 4.69) is 43.9 Å². The summed E-state index contributed by atoms with van der Waals surface area (Å²) in [5, 5.41) is 0. The van der Waals surface area contributed by atoms with Crippen LogP contribution < -0.4 is 4.74 Å². The van der Waals surface area contributed by atoms with E-state index in [4.69, 9.17) is 4.74 Å². The number of ether oxygens (including phenoxy) is 1. The molecule has 0 radical (unpaired) electrons. The maximum Gasteiger partial charge on any atom is 0.119 e. The molecule has 0 bridgehead atoms. The molecule has 0 spiro atoms. The lowest BCUT2D eigenvalue weighted by Gasteiger charge is -2.55. The summed E-state index contributed by atoms with van der Waals surface area (Å²) in [6.07, 6.45) is 10.6. The number of hydrogen-bond acceptors (Lipinski definition) is 2. The normalized spacial score (nSPS) is 28.0. The summed E-state index contributed by atoms with van der Waals surface area (Å²) in [5.41, 5.74) is 3.53. The van der Waals surface area contributed by atoms with E-state index in [1.165, 1.54) is 64.5 Å². The topological polar surface area (TPSA) is 12.5 Å². The minimum atomic E-state index is 0. The number of piperidine rings is 1. The average molecular weight is 380 g/mol. The number of hydrogen-bond donors (Lipinski definition) is 0. The molecule has 0 amide bonds. The van der Waals surface area contributed by atoms with Crippen molar-refractivity contribution < 1.29 is 4.74 Å². The van der Waals surface area contributed by atoms with Crippen molar-refractivity contribution in [3.8, 4) is 5.75 Å². The van der Waals surface area contributed by atoms with Crippen LogP contribution in [0.4, 0.5) is 0 Å². The molecule has 2 nitrogen and oxygen atoms in total. The minimum Gasteiger partial charge on any atom is -0.497 e. The van der Waals surface area contributed by atoms with Gasteiger partial charge in [-0.15, -0.1) is 12.4 Å². The van der Waals surface area contributed by atoms with E-state index < -0.39 is 0 Å². The maximum absolute atomic E-state index is 5.56. The zero-order valence-corrected chi connectivity index (χ0v) is 18.0. The third-order valence-electron chi connectivity index (χ3n) is 7.22. The van der Waals surface area contributed by atoms with Crippen molar-refractivity contribution in [2.24, 2.45) is 5.92 Å². The lowest BCUT2D eigenvalue weighted by atomic mass is 9.56. The molecule has 3 rings (SSSR count). The number of likely N-dealkylation sites (tertiary alicyclic amines) is 1. The van der Waals surface area contributed by atoms with Crippen molar-refractivity contribution in [2.45, 2.75) is 83.6 Å². The quantitative estimate of drug-likeness (QED) is 0.538. The zero-order chi connectivity index (χ0) is 17.9. The first-order valence-electron chi connectivity index (χ1n) is 10.6. The Morgan fingerprint density at radius 2 is 2.00 bits per heavy atom. The van der Waals surface area contributed by atoms with Gasteiger partial charge in [-0.25, -0.2) is 0 Å². The number of aryl methyl sites for hydroxylation is 1. The lowest BCUT2D eigenvalue weighted by Crippen LogP contribution is -2.56. The van der Waals surface area contributed by atoms with Gasteiger partial charge in [-0.2, -0.15) is 0 Å². The Kier molecular flexibility index (Phi) is 7.85. The molecule has 1 heterocycles. The number of benzene rings is 1. The third-order valence-corrected chi connectivity index (χ3v) is 7.22. The van der Waals surface area contributed by atoms with Crippen LogP contribution in [0.15, 0.2) is 18.2 Å². The molecular formula is C23H38ClNO. The fourth-order valence-electron chi connectivity index (χ4n) is 5.66. The summed E-state index contributed by atoms with van der Waals surface area (Å²) in [6.45, 7) is 9.76. The van der Waals surface area contributed by atoms with E-state index in [0.717, 1.165) is 11.7 Å². The van der Waals surface area contributed by atoms with Crippen molar-refractivity contribution in [3.05, 3.63) is 29.3 Å². The van der Waals surface area contributed by atoms with Crippen LogP contribution in [-0.4, -0.2) is 31.1 Å². The first kappa shape index (κ1) is 21.6. The molecule has 1 fully saturated rings. The van der Waals surface area contributed by atoms with Crippen molar-refractivity contribution in [1.29, 1.82) is 0 Å². The summed E-state index contributed by atoms with van der Waals surface area (Å²) >= 11 is 0. The van der Waals surface area contributed by atoms with Crippen LogP contribution in [0.5, 0.6) is 5.75 Å². The number of halogens is 1. The van der Waals surface area contributed by atoms with Crippen molar-refractivity contribution in [1.82, 2.24) is 4.90 Å².